The molecule has 0 bridgehead atoms. The number of ketones is 1. The van der Waals surface area contributed by atoms with Crippen molar-refractivity contribution >= 4 is 17.4 Å². The van der Waals surface area contributed by atoms with E-state index in [2.05, 4.69) is 4.90 Å². The first-order valence-corrected chi connectivity index (χ1v) is 8.58. The molecular weight excluding hydrogens is 357 g/mol. The SMILES string of the molecule is CC(=O)c1cccc(N2CCN(C(=O)c3ccc(C(F)(F)F)cc3)CC2)c1. The van der Waals surface area contributed by atoms with Crippen molar-refractivity contribution < 1.29 is 22.8 Å². The first kappa shape index (κ1) is 18.9. The van der Waals surface area contributed by atoms with Crippen molar-refractivity contribution in [2.75, 3.05) is 31.1 Å². The van der Waals surface area contributed by atoms with Crippen molar-refractivity contribution in [1.82, 2.24) is 4.90 Å². The molecule has 4 nitrogen and oxygen atoms in total. The van der Waals surface area contributed by atoms with Gasteiger partial charge in [-0.15, -0.1) is 0 Å². The molecule has 3 rings (SSSR count). The molecule has 2 aromatic carbocycles. The van der Waals surface area contributed by atoms with E-state index in [-0.39, 0.29) is 17.3 Å². The quantitative estimate of drug-likeness (QED) is 0.764. The zero-order chi connectivity index (χ0) is 19.6. The molecule has 1 aliphatic rings. The normalized spacial score (nSPS) is 15.0. The van der Waals surface area contributed by atoms with Crippen molar-refractivity contribution in [3.8, 4) is 0 Å². The molecular formula is C20H19F3N2O2. The molecule has 0 aromatic heterocycles. The average Bonchev–Trinajstić information content (AvgIpc) is 2.67. The Kier molecular flexibility index (Phi) is 5.21. The van der Waals surface area contributed by atoms with Gasteiger partial charge in [-0.1, -0.05) is 12.1 Å². The molecule has 27 heavy (non-hydrogen) atoms. The Morgan fingerprint density at radius 3 is 2.07 bits per heavy atom. The van der Waals surface area contributed by atoms with E-state index in [0.717, 1.165) is 17.8 Å². The summed E-state index contributed by atoms with van der Waals surface area (Å²) in [6, 6.07) is 11.6. The number of carbonyl (C=O) groups is 2. The van der Waals surface area contributed by atoms with Gasteiger partial charge in [0.2, 0.25) is 0 Å². The number of piperazine rings is 1. The molecule has 142 valence electrons. The summed E-state index contributed by atoms with van der Waals surface area (Å²) in [6.45, 7) is 3.62. The molecule has 0 aliphatic carbocycles. The largest absolute Gasteiger partial charge is 0.416 e. The van der Waals surface area contributed by atoms with Gasteiger partial charge in [-0.05, 0) is 43.3 Å². The summed E-state index contributed by atoms with van der Waals surface area (Å²) in [4.78, 5) is 27.8. The Hall–Kier alpha value is -2.83. The Morgan fingerprint density at radius 1 is 0.889 bits per heavy atom. The number of rotatable bonds is 3. The van der Waals surface area contributed by atoms with Gasteiger partial charge in [0.05, 0.1) is 5.56 Å². The summed E-state index contributed by atoms with van der Waals surface area (Å²) < 4.78 is 37.9. The lowest BCUT2D eigenvalue weighted by molar-refractivity contribution is -0.137. The van der Waals surface area contributed by atoms with E-state index in [1.165, 1.54) is 19.1 Å². The topological polar surface area (TPSA) is 40.6 Å². The zero-order valence-electron chi connectivity index (χ0n) is 14.8. The second-order valence-electron chi connectivity index (χ2n) is 6.46. The van der Waals surface area contributed by atoms with Crippen molar-refractivity contribution in [1.29, 1.82) is 0 Å². The minimum Gasteiger partial charge on any atom is -0.368 e. The number of nitrogens with zero attached hydrogens (tertiary/aromatic N) is 2. The number of amides is 1. The van der Waals surface area contributed by atoms with Gasteiger partial charge in [-0.3, -0.25) is 9.59 Å². The zero-order valence-corrected chi connectivity index (χ0v) is 14.8. The second kappa shape index (κ2) is 7.42. The van der Waals surface area contributed by atoms with Gasteiger partial charge >= 0.3 is 6.18 Å². The Labute approximate surface area is 155 Å². The summed E-state index contributed by atoms with van der Waals surface area (Å²) in [5, 5.41) is 0. The number of benzene rings is 2. The van der Waals surface area contributed by atoms with Crippen molar-refractivity contribution in [2.24, 2.45) is 0 Å². The third-order valence-corrected chi connectivity index (χ3v) is 4.64. The fourth-order valence-electron chi connectivity index (χ4n) is 3.07. The Bertz CT molecular complexity index is 839. The van der Waals surface area contributed by atoms with Crippen LogP contribution in [0.5, 0.6) is 0 Å². The maximum Gasteiger partial charge on any atom is 0.416 e. The van der Waals surface area contributed by atoms with E-state index in [0.29, 0.717) is 31.7 Å². The van der Waals surface area contributed by atoms with Crippen LogP contribution in [0.3, 0.4) is 0 Å². The van der Waals surface area contributed by atoms with Gasteiger partial charge in [-0.25, -0.2) is 0 Å². The lowest BCUT2D eigenvalue weighted by Gasteiger charge is -2.36. The van der Waals surface area contributed by atoms with E-state index in [1.54, 1.807) is 11.0 Å². The number of carbonyl (C=O) groups excluding carboxylic acids is 2. The van der Waals surface area contributed by atoms with Crippen LogP contribution in [0, 0.1) is 0 Å². The van der Waals surface area contributed by atoms with Crippen LogP contribution < -0.4 is 4.90 Å². The van der Waals surface area contributed by atoms with Gasteiger partial charge in [0.15, 0.2) is 5.78 Å². The molecule has 0 N–H and O–H groups in total. The lowest BCUT2D eigenvalue weighted by atomic mass is 10.1. The first-order valence-electron chi connectivity index (χ1n) is 8.58. The van der Waals surface area contributed by atoms with Gasteiger partial charge in [-0.2, -0.15) is 13.2 Å². The van der Waals surface area contributed by atoms with Gasteiger partial charge < -0.3 is 9.80 Å². The minimum absolute atomic E-state index is 0.00651. The van der Waals surface area contributed by atoms with Crippen LogP contribution in [0.2, 0.25) is 0 Å². The fraction of sp³-hybridized carbons (Fsp3) is 0.300. The van der Waals surface area contributed by atoms with Crippen molar-refractivity contribution in [2.45, 2.75) is 13.1 Å². The summed E-state index contributed by atoms with van der Waals surface area (Å²) in [7, 11) is 0. The van der Waals surface area contributed by atoms with Crippen LogP contribution in [-0.4, -0.2) is 42.8 Å². The third kappa shape index (κ3) is 4.30. The number of anilines is 1. The fourth-order valence-corrected chi connectivity index (χ4v) is 3.07. The van der Waals surface area contributed by atoms with E-state index in [4.69, 9.17) is 0 Å². The summed E-state index contributed by atoms with van der Waals surface area (Å²) in [5.74, 6) is -0.283. The number of alkyl halides is 3. The molecule has 1 saturated heterocycles. The highest BCUT2D eigenvalue weighted by molar-refractivity contribution is 5.95. The lowest BCUT2D eigenvalue weighted by Crippen LogP contribution is -2.48. The van der Waals surface area contributed by atoms with Crippen LogP contribution in [0.25, 0.3) is 0 Å². The first-order chi connectivity index (χ1) is 12.8. The Morgan fingerprint density at radius 2 is 1.52 bits per heavy atom. The molecule has 0 spiro atoms. The van der Waals surface area contributed by atoms with Crippen LogP contribution in [0.15, 0.2) is 48.5 Å². The molecule has 0 radical (unpaired) electrons. The minimum atomic E-state index is -4.42. The van der Waals surface area contributed by atoms with E-state index in [1.807, 2.05) is 18.2 Å². The molecule has 1 fully saturated rings. The van der Waals surface area contributed by atoms with Crippen molar-refractivity contribution in [3.63, 3.8) is 0 Å². The maximum absolute atomic E-state index is 12.6. The summed E-state index contributed by atoms with van der Waals surface area (Å²) in [5.41, 5.74) is 1.03. The van der Waals surface area contributed by atoms with E-state index in [9.17, 15) is 22.8 Å². The predicted molar refractivity (Wildman–Crippen MR) is 96.0 cm³/mol. The van der Waals surface area contributed by atoms with Crippen LogP contribution in [-0.2, 0) is 6.18 Å². The van der Waals surface area contributed by atoms with Crippen LogP contribution in [0.1, 0.15) is 33.2 Å². The highest BCUT2D eigenvalue weighted by Gasteiger charge is 2.30. The molecule has 2 aromatic rings. The number of hydrogen-bond acceptors (Lipinski definition) is 3. The van der Waals surface area contributed by atoms with Gasteiger partial charge in [0.1, 0.15) is 0 Å². The smallest absolute Gasteiger partial charge is 0.368 e. The molecule has 1 aliphatic heterocycles. The highest BCUT2D eigenvalue weighted by atomic mass is 19.4. The summed E-state index contributed by atoms with van der Waals surface area (Å²) in [6.07, 6.45) is -4.42. The van der Waals surface area contributed by atoms with E-state index < -0.39 is 11.7 Å². The molecule has 1 amide bonds. The average molecular weight is 376 g/mol. The molecule has 0 unspecified atom stereocenters. The highest BCUT2D eigenvalue weighted by Crippen LogP contribution is 2.29. The number of halogens is 3. The molecule has 0 atom stereocenters. The van der Waals surface area contributed by atoms with Gasteiger partial charge in [0, 0.05) is 43.0 Å². The summed E-state index contributed by atoms with van der Waals surface area (Å²) >= 11 is 0. The molecule has 0 saturated carbocycles. The maximum atomic E-state index is 12.6. The van der Waals surface area contributed by atoms with E-state index >= 15 is 0 Å². The Balaban J connectivity index is 1.64. The van der Waals surface area contributed by atoms with Gasteiger partial charge in [0.25, 0.3) is 5.91 Å². The molecule has 1 heterocycles. The number of Topliss-reactive ketones (excluding diaryl/α,β-unsaturated/α-hetero) is 1. The number of hydrogen-bond donors (Lipinski definition) is 0. The standard InChI is InChI=1S/C20H19F3N2O2/c1-14(26)16-3-2-4-18(13-16)24-9-11-25(12-10-24)19(27)15-5-7-17(8-6-15)20(21,22)23/h2-8,13H,9-12H2,1H3. The molecule has 7 heteroatoms. The predicted octanol–water partition coefficient (Wildman–Crippen LogP) is 3.87. The third-order valence-electron chi connectivity index (χ3n) is 4.64. The van der Waals surface area contributed by atoms with Crippen LogP contribution in [0.4, 0.5) is 18.9 Å². The second-order valence-corrected chi connectivity index (χ2v) is 6.46. The monoisotopic (exact) mass is 376 g/mol. The van der Waals surface area contributed by atoms with Crippen LogP contribution >= 0.6 is 0 Å². The van der Waals surface area contributed by atoms with Crippen molar-refractivity contribution in [3.05, 3.63) is 65.2 Å².